The molecule has 1 aromatic rings. The molecule has 1 unspecified atom stereocenters. The lowest BCUT2D eigenvalue weighted by Gasteiger charge is -2.04. The third-order valence-corrected chi connectivity index (χ3v) is 2.45. The van der Waals surface area contributed by atoms with Crippen molar-refractivity contribution in [1.29, 1.82) is 0 Å². The minimum atomic E-state index is -1.23. The highest BCUT2D eigenvalue weighted by Crippen LogP contribution is 2.07. The number of carbonyl (C=O) groups is 4. The van der Waals surface area contributed by atoms with E-state index < -0.39 is 29.8 Å². The van der Waals surface area contributed by atoms with Gasteiger partial charge in [0.2, 0.25) is 0 Å². The Morgan fingerprint density at radius 1 is 1.09 bits per heavy atom. The highest BCUT2D eigenvalue weighted by atomic mass is 16.5. The van der Waals surface area contributed by atoms with Crippen LogP contribution in [-0.2, 0) is 14.3 Å². The number of esters is 1. The number of carboxylic acid groups (broad SMARTS) is 3. The standard InChI is InChI=1S/C8H6O4.C7H10O4/c9-7(10)5-3-1-2-4-6(5)8(11)12;1-3-6(8)11-4-5(2)7(9)10/h1-4H,(H,9,10)(H,11,12);3,5H,1,4H2,2H3,(H,9,10). The van der Waals surface area contributed by atoms with E-state index in [0.29, 0.717) is 0 Å². The number of carboxylic acids is 3. The molecular weight excluding hydrogens is 308 g/mol. The molecule has 0 spiro atoms. The van der Waals surface area contributed by atoms with Gasteiger partial charge in [-0.15, -0.1) is 0 Å². The zero-order chi connectivity index (χ0) is 18.0. The van der Waals surface area contributed by atoms with Crippen LogP contribution >= 0.6 is 0 Å². The molecule has 0 aliphatic rings. The first-order valence-electron chi connectivity index (χ1n) is 6.28. The summed E-state index contributed by atoms with van der Waals surface area (Å²) in [5, 5.41) is 25.5. The van der Waals surface area contributed by atoms with E-state index in [1.807, 2.05) is 0 Å². The predicted molar refractivity (Wildman–Crippen MR) is 78.3 cm³/mol. The zero-order valence-corrected chi connectivity index (χ0v) is 12.3. The van der Waals surface area contributed by atoms with Gasteiger partial charge >= 0.3 is 23.9 Å². The van der Waals surface area contributed by atoms with E-state index in [1.54, 1.807) is 0 Å². The SMILES string of the molecule is C=CC(=O)OCC(C)C(=O)O.O=C(O)c1ccccc1C(=O)O. The topological polar surface area (TPSA) is 138 Å². The van der Waals surface area contributed by atoms with Crippen molar-refractivity contribution in [2.24, 2.45) is 5.92 Å². The predicted octanol–water partition coefficient (Wildman–Crippen LogP) is 1.52. The number of carbonyl (C=O) groups excluding carboxylic acids is 1. The van der Waals surface area contributed by atoms with Gasteiger partial charge in [0.15, 0.2) is 0 Å². The number of benzene rings is 1. The Hall–Kier alpha value is -3.16. The van der Waals surface area contributed by atoms with Gasteiger partial charge in [-0.25, -0.2) is 14.4 Å². The Balaban J connectivity index is 0.000000423. The number of aromatic carboxylic acids is 2. The highest BCUT2D eigenvalue weighted by Gasteiger charge is 2.13. The average molecular weight is 324 g/mol. The van der Waals surface area contributed by atoms with Crippen LogP contribution in [0.1, 0.15) is 27.6 Å². The number of aliphatic carboxylic acids is 1. The van der Waals surface area contributed by atoms with Gasteiger partial charge < -0.3 is 20.1 Å². The largest absolute Gasteiger partial charge is 0.481 e. The zero-order valence-electron chi connectivity index (χ0n) is 12.3. The summed E-state index contributed by atoms with van der Waals surface area (Å²) in [6.45, 7) is 4.51. The smallest absolute Gasteiger partial charge is 0.336 e. The van der Waals surface area contributed by atoms with Crippen LogP contribution in [0.25, 0.3) is 0 Å². The third kappa shape index (κ3) is 7.42. The van der Waals surface area contributed by atoms with Gasteiger partial charge in [-0.2, -0.15) is 0 Å². The fourth-order valence-corrected chi connectivity index (χ4v) is 1.19. The maximum atomic E-state index is 10.5. The second-order valence-corrected chi connectivity index (χ2v) is 4.23. The van der Waals surface area contributed by atoms with Crippen LogP contribution in [0, 0.1) is 5.92 Å². The molecule has 0 radical (unpaired) electrons. The van der Waals surface area contributed by atoms with Crippen LogP contribution in [0.5, 0.6) is 0 Å². The van der Waals surface area contributed by atoms with E-state index >= 15 is 0 Å². The molecule has 23 heavy (non-hydrogen) atoms. The Morgan fingerprint density at radius 3 is 1.83 bits per heavy atom. The summed E-state index contributed by atoms with van der Waals surface area (Å²) >= 11 is 0. The molecule has 0 aliphatic carbocycles. The van der Waals surface area contributed by atoms with Crippen LogP contribution in [0.2, 0.25) is 0 Å². The third-order valence-electron chi connectivity index (χ3n) is 2.45. The van der Waals surface area contributed by atoms with Gasteiger partial charge in [-0.3, -0.25) is 4.79 Å². The summed E-state index contributed by atoms with van der Waals surface area (Å²) in [6, 6.07) is 5.48. The monoisotopic (exact) mass is 324 g/mol. The van der Waals surface area contributed by atoms with Gasteiger partial charge in [0, 0.05) is 6.08 Å². The van der Waals surface area contributed by atoms with Crippen LogP contribution < -0.4 is 0 Å². The van der Waals surface area contributed by atoms with Crippen molar-refractivity contribution < 1.29 is 39.2 Å². The molecule has 0 amide bonds. The van der Waals surface area contributed by atoms with E-state index in [4.69, 9.17) is 15.3 Å². The maximum Gasteiger partial charge on any atom is 0.336 e. The first-order valence-corrected chi connectivity index (χ1v) is 6.28. The van der Waals surface area contributed by atoms with Crippen molar-refractivity contribution in [1.82, 2.24) is 0 Å². The molecule has 0 aliphatic heterocycles. The van der Waals surface area contributed by atoms with Gasteiger partial charge in [0.05, 0.1) is 17.0 Å². The molecular formula is C15H16O8. The van der Waals surface area contributed by atoms with Gasteiger partial charge in [-0.1, -0.05) is 18.7 Å². The number of hydrogen-bond donors (Lipinski definition) is 3. The van der Waals surface area contributed by atoms with E-state index in [-0.39, 0.29) is 17.7 Å². The summed E-state index contributed by atoms with van der Waals surface area (Å²) in [6.07, 6.45) is 0.995. The normalized spacial score (nSPS) is 10.5. The van der Waals surface area contributed by atoms with Crippen LogP contribution in [0.3, 0.4) is 0 Å². The minimum absolute atomic E-state index is 0.111. The summed E-state index contributed by atoms with van der Waals surface area (Å²) in [7, 11) is 0. The van der Waals surface area contributed by atoms with Crippen molar-refractivity contribution in [3.05, 3.63) is 48.0 Å². The first-order chi connectivity index (χ1) is 10.7. The minimum Gasteiger partial charge on any atom is -0.481 e. The fraction of sp³-hybridized carbons (Fsp3) is 0.200. The van der Waals surface area contributed by atoms with Crippen molar-refractivity contribution in [3.63, 3.8) is 0 Å². The average Bonchev–Trinajstić information content (AvgIpc) is 2.52. The summed E-state index contributed by atoms with van der Waals surface area (Å²) < 4.78 is 4.48. The molecule has 1 aromatic carbocycles. The molecule has 1 atom stereocenters. The molecule has 8 heteroatoms. The second-order valence-electron chi connectivity index (χ2n) is 4.23. The lowest BCUT2D eigenvalue weighted by molar-refractivity contribution is -0.147. The lowest BCUT2D eigenvalue weighted by Crippen LogP contribution is -2.17. The maximum absolute atomic E-state index is 10.5. The lowest BCUT2D eigenvalue weighted by atomic mass is 10.1. The Bertz CT molecular complexity index is 572. The fourth-order valence-electron chi connectivity index (χ4n) is 1.19. The molecule has 1 rings (SSSR count). The van der Waals surface area contributed by atoms with E-state index in [0.717, 1.165) is 6.08 Å². The second kappa shape index (κ2) is 9.72. The summed E-state index contributed by atoms with van der Waals surface area (Å²) in [5.74, 6) is -4.71. The molecule has 0 saturated carbocycles. The first kappa shape index (κ1) is 19.8. The van der Waals surface area contributed by atoms with Gasteiger partial charge in [-0.05, 0) is 19.1 Å². The molecule has 8 nitrogen and oxygen atoms in total. The Kier molecular flexibility index (Phi) is 8.38. The molecule has 3 N–H and O–H groups in total. The number of ether oxygens (including phenoxy) is 1. The highest BCUT2D eigenvalue weighted by molar-refractivity contribution is 6.01. The Morgan fingerprint density at radius 2 is 1.52 bits per heavy atom. The number of hydrogen-bond acceptors (Lipinski definition) is 5. The van der Waals surface area contributed by atoms with Crippen molar-refractivity contribution in [2.45, 2.75) is 6.92 Å². The van der Waals surface area contributed by atoms with E-state index in [9.17, 15) is 19.2 Å². The summed E-state index contributed by atoms with van der Waals surface area (Å²) in [5.41, 5.74) is -0.380. The van der Waals surface area contributed by atoms with Crippen LogP contribution in [-0.4, -0.2) is 45.8 Å². The molecule has 124 valence electrons. The van der Waals surface area contributed by atoms with Crippen molar-refractivity contribution in [2.75, 3.05) is 6.61 Å². The van der Waals surface area contributed by atoms with Crippen molar-refractivity contribution in [3.8, 4) is 0 Å². The van der Waals surface area contributed by atoms with E-state index in [2.05, 4.69) is 11.3 Å². The summed E-state index contributed by atoms with van der Waals surface area (Å²) in [4.78, 5) is 41.5. The molecule has 0 heterocycles. The molecule has 0 aromatic heterocycles. The quantitative estimate of drug-likeness (QED) is 0.529. The van der Waals surface area contributed by atoms with Gasteiger partial charge in [0.25, 0.3) is 0 Å². The van der Waals surface area contributed by atoms with Gasteiger partial charge in [0.1, 0.15) is 6.61 Å². The van der Waals surface area contributed by atoms with E-state index in [1.165, 1.54) is 31.2 Å². The molecule has 0 bridgehead atoms. The molecule has 0 saturated heterocycles. The molecule has 0 fully saturated rings. The van der Waals surface area contributed by atoms with Crippen molar-refractivity contribution >= 4 is 23.9 Å². The van der Waals surface area contributed by atoms with Crippen LogP contribution in [0.4, 0.5) is 0 Å². The Labute approximate surface area is 131 Å². The van der Waals surface area contributed by atoms with Crippen LogP contribution in [0.15, 0.2) is 36.9 Å². The number of rotatable bonds is 6.